The molecule has 0 radical (unpaired) electrons. The van der Waals surface area contributed by atoms with Crippen LogP contribution in [0.5, 0.6) is 0 Å². The van der Waals surface area contributed by atoms with E-state index in [0.29, 0.717) is 0 Å². The van der Waals surface area contributed by atoms with E-state index >= 15 is 0 Å². The highest BCUT2D eigenvalue weighted by Crippen LogP contribution is 2.29. The summed E-state index contributed by atoms with van der Waals surface area (Å²) in [7, 11) is -3.68. The van der Waals surface area contributed by atoms with Crippen molar-refractivity contribution in [2.24, 2.45) is 0 Å². The average molecular weight is 285 g/mol. The zero-order valence-corrected chi connectivity index (χ0v) is 10.7. The summed E-state index contributed by atoms with van der Waals surface area (Å²) < 4.78 is 24.0. The van der Waals surface area contributed by atoms with Crippen molar-refractivity contribution < 1.29 is 8.42 Å². The Labute approximate surface area is 107 Å². The fourth-order valence-electron chi connectivity index (χ4n) is 1.17. The van der Waals surface area contributed by atoms with E-state index in [1.165, 1.54) is 12.1 Å². The van der Waals surface area contributed by atoms with E-state index in [1.807, 2.05) is 0 Å². The molecule has 0 fully saturated rings. The molecule has 0 amide bonds. The SMILES string of the molecule is N#Cc1sc(S(=O)(=O)c2ccccc2)nc1Cl. The molecule has 0 saturated heterocycles. The van der Waals surface area contributed by atoms with Crippen LogP contribution in [0.2, 0.25) is 5.15 Å². The largest absolute Gasteiger partial charge is 0.233 e. The molecule has 0 aliphatic carbocycles. The number of halogens is 1. The van der Waals surface area contributed by atoms with E-state index in [9.17, 15) is 8.42 Å². The van der Waals surface area contributed by atoms with E-state index in [2.05, 4.69) is 4.98 Å². The summed E-state index contributed by atoms with van der Waals surface area (Å²) in [6, 6.07) is 9.69. The van der Waals surface area contributed by atoms with E-state index in [-0.39, 0.29) is 19.3 Å². The molecule has 0 unspecified atom stereocenters. The number of benzene rings is 1. The predicted molar refractivity (Wildman–Crippen MR) is 63.7 cm³/mol. The lowest BCUT2D eigenvalue weighted by Crippen LogP contribution is -2.00. The molecule has 2 aromatic rings. The molecule has 0 bridgehead atoms. The second-order valence-electron chi connectivity index (χ2n) is 3.03. The maximum atomic E-state index is 12.1. The van der Waals surface area contributed by atoms with Crippen LogP contribution < -0.4 is 0 Å². The minimum atomic E-state index is -3.68. The normalized spacial score (nSPS) is 11.1. The zero-order chi connectivity index (χ0) is 12.5. The first-order chi connectivity index (χ1) is 8.05. The average Bonchev–Trinajstić information content (AvgIpc) is 2.72. The fraction of sp³-hybridized carbons (Fsp3) is 0. The van der Waals surface area contributed by atoms with Gasteiger partial charge in [0.15, 0.2) is 5.15 Å². The van der Waals surface area contributed by atoms with Crippen molar-refractivity contribution in [3.05, 3.63) is 40.4 Å². The molecule has 2 rings (SSSR count). The molecule has 1 heterocycles. The van der Waals surface area contributed by atoms with Gasteiger partial charge in [0.25, 0.3) is 0 Å². The smallest absolute Gasteiger partial charge is 0.216 e. The van der Waals surface area contributed by atoms with Gasteiger partial charge < -0.3 is 0 Å². The highest BCUT2D eigenvalue weighted by Gasteiger charge is 2.23. The Morgan fingerprint density at radius 1 is 1.29 bits per heavy atom. The molecule has 0 N–H and O–H groups in total. The number of aromatic nitrogens is 1. The van der Waals surface area contributed by atoms with Crippen molar-refractivity contribution in [3.63, 3.8) is 0 Å². The predicted octanol–water partition coefficient (Wildman–Crippen LogP) is 2.50. The van der Waals surface area contributed by atoms with Gasteiger partial charge in [0.1, 0.15) is 10.9 Å². The Balaban J connectivity index is 2.57. The Morgan fingerprint density at radius 2 is 1.94 bits per heavy atom. The van der Waals surface area contributed by atoms with Crippen LogP contribution in [0.1, 0.15) is 4.88 Å². The van der Waals surface area contributed by atoms with Gasteiger partial charge in [-0.2, -0.15) is 5.26 Å². The first-order valence-corrected chi connectivity index (χ1v) is 7.10. The Kier molecular flexibility index (Phi) is 3.15. The number of thiazole rings is 1. The van der Waals surface area contributed by atoms with Gasteiger partial charge in [-0.3, -0.25) is 0 Å². The number of hydrogen-bond donors (Lipinski definition) is 0. The molecule has 0 atom stereocenters. The molecule has 0 saturated carbocycles. The number of nitrogens with zero attached hydrogens (tertiary/aromatic N) is 2. The highest BCUT2D eigenvalue weighted by atomic mass is 35.5. The molecular weight excluding hydrogens is 280 g/mol. The first kappa shape index (κ1) is 12.0. The molecular formula is C10H5ClN2O2S2. The standard InChI is InChI=1S/C10H5ClN2O2S2/c11-9-8(6-12)16-10(13-9)17(14,15)7-4-2-1-3-5-7/h1-5H. The quantitative estimate of drug-likeness (QED) is 0.849. The van der Waals surface area contributed by atoms with Gasteiger partial charge in [0.05, 0.1) is 4.90 Å². The van der Waals surface area contributed by atoms with Crippen LogP contribution in [0.25, 0.3) is 0 Å². The zero-order valence-electron chi connectivity index (χ0n) is 8.29. The Bertz CT molecular complexity index is 687. The van der Waals surface area contributed by atoms with Crippen LogP contribution in [0.4, 0.5) is 0 Å². The second kappa shape index (κ2) is 4.45. The third-order valence-electron chi connectivity index (χ3n) is 1.95. The summed E-state index contributed by atoms with van der Waals surface area (Å²) in [5.74, 6) is 0. The summed E-state index contributed by atoms with van der Waals surface area (Å²) in [5, 5.41) is 8.63. The van der Waals surface area contributed by atoms with Crippen LogP contribution in [-0.4, -0.2) is 13.4 Å². The third kappa shape index (κ3) is 2.17. The topological polar surface area (TPSA) is 70.8 Å². The maximum Gasteiger partial charge on any atom is 0.233 e. The van der Waals surface area contributed by atoms with Crippen LogP contribution in [-0.2, 0) is 9.84 Å². The van der Waals surface area contributed by atoms with E-state index in [0.717, 1.165) is 11.3 Å². The molecule has 0 aliphatic rings. The lowest BCUT2D eigenvalue weighted by Gasteiger charge is -1.98. The van der Waals surface area contributed by atoms with Crippen molar-refractivity contribution in [2.75, 3.05) is 0 Å². The van der Waals surface area contributed by atoms with Crippen molar-refractivity contribution in [1.82, 2.24) is 4.98 Å². The minimum absolute atomic E-state index is 0.0768. The lowest BCUT2D eigenvalue weighted by atomic mass is 10.4. The number of hydrogen-bond acceptors (Lipinski definition) is 5. The van der Waals surface area contributed by atoms with Gasteiger partial charge in [-0.25, -0.2) is 13.4 Å². The van der Waals surface area contributed by atoms with E-state index in [1.54, 1.807) is 24.3 Å². The second-order valence-corrected chi connectivity index (χ2v) is 6.51. The number of sulfone groups is 1. The number of rotatable bonds is 2. The van der Waals surface area contributed by atoms with Crippen LogP contribution in [0, 0.1) is 11.3 Å². The van der Waals surface area contributed by atoms with E-state index in [4.69, 9.17) is 16.9 Å². The van der Waals surface area contributed by atoms with Crippen LogP contribution >= 0.6 is 22.9 Å². The van der Waals surface area contributed by atoms with Crippen molar-refractivity contribution in [2.45, 2.75) is 9.24 Å². The van der Waals surface area contributed by atoms with Gasteiger partial charge >= 0.3 is 0 Å². The van der Waals surface area contributed by atoms with Gasteiger partial charge in [-0.05, 0) is 12.1 Å². The highest BCUT2D eigenvalue weighted by molar-refractivity contribution is 7.93. The van der Waals surface area contributed by atoms with Gasteiger partial charge in [-0.15, -0.1) is 0 Å². The summed E-state index contributed by atoms with van der Waals surface area (Å²) in [6.07, 6.45) is 0. The molecule has 4 nitrogen and oxygen atoms in total. The molecule has 0 aliphatic heterocycles. The van der Waals surface area contributed by atoms with Crippen LogP contribution in [0.3, 0.4) is 0 Å². The van der Waals surface area contributed by atoms with Gasteiger partial charge in [0, 0.05) is 0 Å². The van der Waals surface area contributed by atoms with Crippen molar-refractivity contribution >= 4 is 32.8 Å². The Hall–Kier alpha value is -1.42. The van der Waals surface area contributed by atoms with Gasteiger partial charge in [0.2, 0.25) is 14.2 Å². The van der Waals surface area contributed by atoms with Crippen molar-refractivity contribution in [1.29, 1.82) is 5.26 Å². The summed E-state index contributed by atoms with van der Waals surface area (Å²) in [5.41, 5.74) is 0. The van der Waals surface area contributed by atoms with Crippen molar-refractivity contribution in [3.8, 4) is 6.07 Å². The summed E-state index contributed by atoms with van der Waals surface area (Å²) >= 11 is 6.42. The first-order valence-electron chi connectivity index (χ1n) is 4.42. The monoisotopic (exact) mass is 284 g/mol. The number of nitriles is 1. The molecule has 1 aromatic heterocycles. The summed E-state index contributed by atoms with van der Waals surface area (Å²) in [4.78, 5) is 3.94. The van der Waals surface area contributed by atoms with Crippen LogP contribution in [0.15, 0.2) is 39.6 Å². The fourth-order valence-corrected chi connectivity index (χ4v) is 3.90. The summed E-state index contributed by atoms with van der Waals surface area (Å²) in [6.45, 7) is 0. The van der Waals surface area contributed by atoms with E-state index < -0.39 is 9.84 Å². The molecule has 7 heteroatoms. The molecule has 1 aromatic carbocycles. The van der Waals surface area contributed by atoms with Gasteiger partial charge in [-0.1, -0.05) is 41.1 Å². The lowest BCUT2D eigenvalue weighted by molar-refractivity contribution is 0.595. The minimum Gasteiger partial charge on any atom is -0.216 e. The third-order valence-corrected chi connectivity index (χ3v) is 5.44. The molecule has 86 valence electrons. The molecule has 0 spiro atoms. The molecule has 17 heavy (non-hydrogen) atoms. The Morgan fingerprint density at radius 3 is 2.47 bits per heavy atom. The maximum absolute atomic E-state index is 12.1.